The van der Waals surface area contributed by atoms with Gasteiger partial charge in [-0.3, -0.25) is 9.59 Å². The molecule has 1 aliphatic heterocycles. The molecule has 0 spiro atoms. The first-order chi connectivity index (χ1) is 20.1. The van der Waals surface area contributed by atoms with Crippen molar-refractivity contribution in [3.63, 3.8) is 0 Å². The van der Waals surface area contributed by atoms with Gasteiger partial charge in [-0.25, -0.2) is 4.79 Å². The third kappa shape index (κ3) is 6.48. The predicted octanol–water partition coefficient (Wildman–Crippen LogP) is 4.39. The van der Waals surface area contributed by atoms with Gasteiger partial charge in [-0.05, 0) is 91.2 Å². The summed E-state index contributed by atoms with van der Waals surface area (Å²) in [4.78, 5) is 41.0. The fourth-order valence-corrected chi connectivity index (χ4v) is 4.75. The van der Waals surface area contributed by atoms with Crippen molar-refractivity contribution in [1.82, 2.24) is 25.1 Å². The number of carbonyl (C=O) groups excluding carboxylic acids is 3. The molecule has 0 unspecified atom stereocenters. The summed E-state index contributed by atoms with van der Waals surface area (Å²) in [7, 11) is 0. The lowest BCUT2D eigenvalue weighted by atomic mass is 9.91. The van der Waals surface area contributed by atoms with Crippen molar-refractivity contribution in [2.75, 3.05) is 11.9 Å². The molecule has 2 heterocycles. The molecule has 1 aliphatic rings. The number of tetrazole rings is 1. The zero-order chi connectivity index (χ0) is 29.9. The average Bonchev–Trinajstić information content (AvgIpc) is 3.49. The number of carbonyl (C=O) groups is 3. The fourth-order valence-electron chi connectivity index (χ4n) is 4.58. The Morgan fingerprint density at radius 2 is 1.81 bits per heavy atom. The van der Waals surface area contributed by atoms with Crippen LogP contribution in [0.2, 0.25) is 5.02 Å². The highest BCUT2D eigenvalue weighted by atomic mass is 35.5. The number of hydrogen-bond donors (Lipinski definition) is 1. The van der Waals surface area contributed by atoms with E-state index in [4.69, 9.17) is 16.3 Å². The first-order valence-corrected chi connectivity index (χ1v) is 13.5. The summed E-state index contributed by atoms with van der Waals surface area (Å²) in [6, 6.07) is 18.0. The lowest BCUT2D eigenvalue weighted by Crippen LogP contribution is -2.45. The van der Waals surface area contributed by atoms with Gasteiger partial charge in [0, 0.05) is 23.2 Å². The number of nitrogens with one attached hydrogen (secondary N) is 1. The number of nitrogens with zero attached hydrogens (tertiary/aromatic N) is 5. The van der Waals surface area contributed by atoms with Crippen LogP contribution in [0.25, 0.3) is 5.69 Å². The summed E-state index contributed by atoms with van der Waals surface area (Å²) in [6.45, 7) is 5.68. The van der Waals surface area contributed by atoms with Crippen LogP contribution in [-0.4, -0.2) is 55.0 Å². The van der Waals surface area contributed by atoms with Crippen molar-refractivity contribution >= 4 is 35.1 Å². The maximum Gasteiger partial charge on any atom is 0.338 e. The lowest BCUT2D eigenvalue weighted by Gasteiger charge is -2.35. The number of amides is 2. The van der Waals surface area contributed by atoms with Gasteiger partial charge in [0.1, 0.15) is 18.0 Å². The van der Waals surface area contributed by atoms with Crippen LogP contribution < -0.4 is 5.32 Å². The molecule has 0 bridgehead atoms. The van der Waals surface area contributed by atoms with E-state index >= 15 is 0 Å². The molecule has 5 rings (SSSR count). The Kier molecular flexibility index (Phi) is 8.04. The van der Waals surface area contributed by atoms with Crippen LogP contribution in [0.4, 0.5) is 5.69 Å². The molecule has 2 amide bonds. The standard InChI is InChI=1S/C31H27ClN6O4/c1-31(2,3)42-30(41)21-8-12-24(13-9-21)34-29(40)28-25-7-5-4-6-20(25)16-17-37(28)27(39)15-10-22-18-23(32)11-14-26(22)38-19-33-35-36-38/h4-9,11-14,18-19,28H,16-17H2,1-3H3,(H,34,40)/t28-/m0/s1. The Labute approximate surface area is 247 Å². The van der Waals surface area contributed by atoms with Crippen molar-refractivity contribution in [3.05, 3.63) is 100 Å². The Morgan fingerprint density at radius 3 is 2.52 bits per heavy atom. The van der Waals surface area contributed by atoms with Crippen LogP contribution in [-0.2, 0) is 20.7 Å². The van der Waals surface area contributed by atoms with E-state index in [0.29, 0.717) is 40.5 Å². The van der Waals surface area contributed by atoms with E-state index in [0.717, 1.165) is 11.1 Å². The number of benzene rings is 3. The number of halogens is 1. The summed E-state index contributed by atoms with van der Waals surface area (Å²) in [5.41, 5.74) is 2.91. The first-order valence-electron chi connectivity index (χ1n) is 13.2. The van der Waals surface area contributed by atoms with E-state index in [1.165, 1.54) is 15.9 Å². The summed E-state index contributed by atoms with van der Waals surface area (Å²) >= 11 is 6.19. The molecule has 0 saturated carbocycles. The number of ether oxygens (including phenoxy) is 1. The molecular weight excluding hydrogens is 556 g/mol. The first kappa shape index (κ1) is 28.5. The molecule has 0 radical (unpaired) electrons. The van der Waals surface area contributed by atoms with Crippen molar-refractivity contribution in [3.8, 4) is 17.5 Å². The van der Waals surface area contributed by atoms with Crippen molar-refractivity contribution in [1.29, 1.82) is 0 Å². The van der Waals surface area contributed by atoms with Crippen LogP contribution in [0, 0.1) is 11.8 Å². The second kappa shape index (κ2) is 11.8. The number of hydrogen-bond acceptors (Lipinski definition) is 7. The average molecular weight is 583 g/mol. The summed E-state index contributed by atoms with van der Waals surface area (Å²) < 4.78 is 6.83. The van der Waals surface area contributed by atoms with Gasteiger partial charge in [0.05, 0.1) is 16.8 Å². The maximum absolute atomic E-state index is 13.7. The Hall–Kier alpha value is -5.01. The van der Waals surface area contributed by atoms with Crippen LogP contribution in [0.5, 0.6) is 0 Å². The minimum atomic E-state index is -0.916. The van der Waals surface area contributed by atoms with Crippen LogP contribution in [0.3, 0.4) is 0 Å². The normalized spacial score (nSPS) is 14.3. The van der Waals surface area contributed by atoms with Crippen molar-refractivity contribution < 1.29 is 19.1 Å². The van der Waals surface area contributed by atoms with Gasteiger partial charge in [0.2, 0.25) is 0 Å². The van der Waals surface area contributed by atoms with Crippen molar-refractivity contribution in [2.24, 2.45) is 0 Å². The van der Waals surface area contributed by atoms with Gasteiger partial charge in [0.15, 0.2) is 0 Å². The summed E-state index contributed by atoms with van der Waals surface area (Å²) in [5.74, 6) is 4.19. The molecule has 1 N–H and O–H groups in total. The molecule has 4 aromatic rings. The maximum atomic E-state index is 13.7. The van der Waals surface area contributed by atoms with Gasteiger partial charge >= 0.3 is 5.97 Å². The van der Waals surface area contributed by atoms with Gasteiger partial charge in [-0.15, -0.1) is 5.10 Å². The SMILES string of the molecule is CC(C)(C)OC(=O)c1ccc(NC(=O)[C@@H]2c3ccccc3CCN2C(=O)C#Cc2cc(Cl)ccc2-n2cnnn2)cc1. The van der Waals surface area contributed by atoms with E-state index in [-0.39, 0.29) is 0 Å². The molecule has 1 aromatic heterocycles. The number of rotatable bonds is 4. The lowest BCUT2D eigenvalue weighted by molar-refractivity contribution is -0.134. The van der Waals surface area contributed by atoms with E-state index in [9.17, 15) is 14.4 Å². The number of esters is 1. The number of fused-ring (bicyclic) bond motifs is 1. The Balaban J connectivity index is 1.40. The predicted molar refractivity (Wildman–Crippen MR) is 156 cm³/mol. The highest BCUT2D eigenvalue weighted by molar-refractivity contribution is 6.30. The molecule has 3 aromatic carbocycles. The van der Waals surface area contributed by atoms with E-state index < -0.39 is 29.4 Å². The molecule has 0 fully saturated rings. The molecule has 212 valence electrons. The smallest absolute Gasteiger partial charge is 0.338 e. The summed E-state index contributed by atoms with van der Waals surface area (Å²) in [5, 5.41) is 14.5. The quantitative estimate of drug-likeness (QED) is 0.280. The molecule has 10 nitrogen and oxygen atoms in total. The second-order valence-electron chi connectivity index (χ2n) is 10.6. The van der Waals surface area contributed by atoms with Gasteiger partial charge in [0.25, 0.3) is 11.8 Å². The topological polar surface area (TPSA) is 119 Å². The minimum Gasteiger partial charge on any atom is -0.456 e. The zero-order valence-corrected chi connectivity index (χ0v) is 23.9. The Morgan fingerprint density at radius 1 is 1.05 bits per heavy atom. The molecule has 11 heteroatoms. The van der Waals surface area contributed by atoms with Crippen LogP contribution in [0.1, 0.15) is 53.9 Å². The summed E-state index contributed by atoms with van der Waals surface area (Å²) in [6.07, 6.45) is 1.99. The highest BCUT2D eigenvalue weighted by Crippen LogP contribution is 2.31. The monoisotopic (exact) mass is 582 g/mol. The van der Waals surface area contributed by atoms with Crippen LogP contribution in [0.15, 0.2) is 73.1 Å². The van der Waals surface area contributed by atoms with E-state index in [1.54, 1.807) is 63.2 Å². The second-order valence-corrected chi connectivity index (χ2v) is 11.0. The number of aromatic nitrogens is 4. The van der Waals surface area contributed by atoms with Crippen molar-refractivity contribution in [2.45, 2.75) is 38.8 Å². The fraction of sp³-hybridized carbons (Fsp3) is 0.226. The Bertz CT molecular complexity index is 1700. The molecule has 0 saturated heterocycles. The van der Waals surface area contributed by atoms with Crippen LogP contribution >= 0.6 is 11.6 Å². The van der Waals surface area contributed by atoms with E-state index in [1.807, 2.05) is 24.3 Å². The third-order valence-corrected chi connectivity index (χ3v) is 6.67. The zero-order valence-electron chi connectivity index (χ0n) is 23.2. The third-order valence-electron chi connectivity index (χ3n) is 6.44. The minimum absolute atomic E-state index is 0.301. The largest absolute Gasteiger partial charge is 0.456 e. The van der Waals surface area contributed by atoms with E-state index in [2.05, 4.69) is 32.7 Å². The highest BCUT2D eigenvalue weighted by Gasteiger charge is 2.35. The van der Waals surface area contributed by atoms with Gasteiger partial charge in [-0.1, -0.05) is 41.8 Å². The molecular formula is C31H27ClN6O4. The molecule has 1 atom stereocenters. The number of anilines is 1. The molecule has 0 aliphatic carbocycles. The molecule has 42 heavy (non-hydrogen) atoms. The van der Waals surface area contributed by atoms with Gasteiger partial charge < -0.3 is 15.0 Å². The van der Waals surface area contributed by atoms with Gasteiger partial charge in [-0.2, -0.15) is 4.68 Å².